The van der Waals surface area contributed by atoms with Gasteiger partial charge in [0.05, 0.1) is 24.5 Å². The van der Waals surface area contributed by atoms with E-state index in [1.165, 1.54) is 24.7 Å². The quantitative estimate of drug-likeness (QED) is 0.566. The highest BCUT2D eigenvalue weighted by atomic mass is 32.2. The Morgan fingerprint density at radius 2 is 1.69 bits per heavy atom. The fraction of sp³-hybridized carbons (Fsp3) is 0.360. The van der Waals surface area contributed by atoms with Gasteiger partial charge in [-0.3, -0.25) is 4.79 Å². The van der Waals surface area contributed by atoms with E-state index in [9.17, 15) is 13.2 Å². The van der Waals surface area contributed by atoms with Gasteiger partial charge in [0.25, 0.3) is 0 Å². The van der Waals surface area contributed by atoms with E-state index in [2.05, 4.69) is 0 Å². The molecule has 3 N–H and O–H groups in total. The zero-order valence-corrected chi connectivity index (χ0v) is 20.7. The molecule has 0 atom stereocenters. The van der Waals surface area contributed by atoms with E-state index >= 15 is 0 Å². The number of ether oxygens (including phenoxy) is 2. The first-order valence-corrected chi connectivity index (χ1v) is 12.8. The maximum Gasteiger partial charge on any atom is 0.243 e. The lowest BCUT2D eigenvalue weighted by Crippen LogP contribution is -2.46. The minimum atomic E-state index is -3.64. The van der Waals surface area contributed by atoms with Crippen molar-refractivity contribution in [1.82, 2.24) is 4.31 Å². The summed E-state index contributed by atoms with van der Waals surface area (Å²) in [5, 5.41) is 7.54. The van der Waals surface area contributed by atoms with E-state index in [1.54, 1.807) is 41.3 Å². The van der Waals surface area contributed by atoms with Crippen LogP contribution in [0.2, 0.25) is 0 Å². The van der Waals surface area contributed by atoms with Gasteiger partial charge in [0, 0.05) is 54.9 Å². The lowest BCUT2D eigenvalue weighted by molar-refractivity contribution is -0.127. The largest absolute Gasteiger partial charge is 0.497 e. The molecule has 35 heavy (non-hydrogen) atoms. The van der Waals surface area contributed by atoms with Crippen LogP contribution in [0.1, 0.15) is 24.8 Å². The third kappa shape index (κ3) is 4.39. The van der Waals surface area contributed by atoms with Crippen LogP contribution in [0, 0.1) is 10.8 Å². The van der Waals surface area contributed by atoms with E-state index in [-0.39, 0.29) is 10.8 Å². The summed E-state index contributed by atoms with van der Waals surface area (Å²) in [4.78, 5) is 15.5. The van der Waals surface area contributed by atoms with Crippen LogP contribution in [0.25, 0.3) is 5.57 Å². The summed E-state index contributed by atoms with van der Waals surface area (Å²) in [5.41, 5.74) is 6.95. The summed E-state index contributed by atoms with van der Waals surface area (Å²) in [5.74, 6) is 1.13. The number of carbonyl (C=O) groups is 1. The number of nitrogens with two attached hydrogens (primary N) is 1. The molecule has 2 aromatic rings. The summed E-state index contributed by atoms with van der Waals surface area (Å²) < 4.78 is 38.3. The van der Waals surface area contributed by atoms with Gasteiger partial charge in [-0.25, -0.2) is 8.42 Å². The van der Waals surface area contributed by atoms with Crippen molar-refractivity contribution in [3.8, 4) is 11.5 Å². The summed E-state index contributed by atoms with van der Waals surface area (Å²) in [6.45, 7) is 1.14. The Morgan fingerprint density at radius 3 is 2.26 bits per heavy atom. The molecule has 2 aromatic carbocycles. The Balaban J connectivity index is 1.50. The molecule has 10 heteroatoms. The van der Waals surface area contributed by atoms with Crippen LogP contribution in [-0.2, 0) is 14.8 Å². The van der Waals surface area contributed by atoms with Gasteiger partial charge in [-0.2, -0.15) is 4.31 Å². The average Bonchev–Trinajstić information content (AvgIpc) is 3.20. The molecule has 1 spiro atoms. The molecule has 0 saturated carbocycles. The molecular weight excluding hydrogens is 468 g/mol. The zero-order chi connectivity index (χ0) is 25.2. The van der Waals surface area contributed by atoms with Gasteiger partial charge in [-0.05, 0) is 55.7 Å². The molecule has 186 valence electrons. The molecule has 9 nitrogen and oxygen atoms in total. The fourth-order valence-corrected chi connectivity index (χ4v) is 6.33. The maximum absolute atomic E-state index is 13.5. The topological polar surface area (TPSA) is 126 Å². The van der Waals surface area contributed by atoms with Crippen molar-refractivity contribution in [3.05, 3.63) is 54.2 Å². The number of nitrogens with zero attached hydrogens (tertiary/aromatic N) is 2. The Hall–Kier alpha value is -3.37. The molecule has 2 saturated heterocycles. The lowest BCUT2D eigenvalue weighted by Gasteiger charge is -2.37. The second kappa shape index (κ2) is 9.71. The van der Waals surface area contributed by atoms with Gasteiger partial charge in [0.1, 0.15) is 11.5 Å². The van der Waals surface area contributed by atoms with Crippen molar-refractivity contribution in [1.29, 1.82) is 5.41 Å². The average molecular weight is 499 g/mol. The van der Waals surface area contributed by atoms with Crippen molar-refractivity contribution in [2.75, 3.05) is 38.8 Å². The molecule has 2 fully saturated rings. The van der Waals surface area contributed by atoms with Crippen LogP contribution >= 0.6 is 0 Å². The normalized spacial score (nSPS) is 18.6. The third-order valence-electron chi connectivity index (χ3n) is 7.03. The van der Waals surface area contributed by atoms with Gasteiger partial charge in [-0.1, -0.05) is 0 Å². The molecule has 4 rings (SSSR count). The summed E-state index contributed by atoms with van der Waals surface area (Å²) >= 11 is 0. The van der Waals surface area contributed by atoms with Crippen molar-refractivity contribution >= 4 is 33.4 Å². The number of anilines is 1. The number of sulfonamides is 1. The van der Waals surface area contributed by atoms with Crippen molar-refractivity contribution in [2.45, 2.75) is 24.2 Å². The van der Waals surface area contributed by atoms with Gasteiger partial charge in [0.2, 0.25) is 15.9 Å². The fourth-order valence-electron chi connectivity index (χ4n) is 4.88. The van der Waals surface area contributed by atoms with Crippen LogP contribution in [0.4, 0.5) is 5.69 Å². The number of piperidine rings is 1. The van der Waals surface area contributed by atoms with Gasteiger partial charge in [0.15, 0.2) is 0 Å². The smallest absolute Gasteiger partial charge is 0.243 e. The van der Waals surface area contributed by atoms with Crippen molar-refractivity contribution in [3.63, 3.8) is 0 Å². The van der Waals surface area contributed by atoms with Gasteiger partial charge in [-0.15, -0.1) is 0 Å². The van der Waals surface area contributed by atoms with E-state index in [0.717, 1.165) is 6.21 Å². The predicted octanol–water partition coefficient (Wildman–Crippen LogP) is 2.86. The minimum Gasteiger partial charge on any atom is -0.497 e. The SMILES string of the molecule is COc1ccc(S(=O)(=O)N2CCC3(CCN(c4ccc(/C(C=N)=C/N)c(OC)c4)C3=O)CC2)cc1. The van der Waals surface area contributed by atoms with Crippen molar-refractivity contribution < 1.29 is 22.7 Å². The third-order valence-corrected chi connectivity index (χ3v) is 8.95. The maximum atomic E-state index is 13.5. The van der Waals surface area contributed by atoms with Gasteiger partial charge >= 0.3 is 0 Å². The van der Waals surface area contributed by atoms with Crippen LogP contribution in [0.3, 0.4) is 0 Å². The first-order chi connectivity index (χ1) is 16.8. The summed E-state index contributed by atoms with van der Waals surface area (Å²) in [6.07, 6.45) is 4.11. The number of allylic oxidation sites excluding steroid dienone is 1. The Bertz CT molecular complexity index is 1250. The number of amides is 1. The van der Waals surface area contributed by atoms with E-state index in [1.807, 2.05) is 6.07 Å². The number of nitrogens with one attached hydrogen (secondary N) is 1. The Morgan fingerprint density at radius 1 is 1.03 bits per heavy atom. The second-order valence-corrected chi connectivity index (χ2v) is 10.7. The number of hydrogen-bond donors (Lipinski definition) is 2. The summed E-state index contributed by atoms with van der Waals surface area (Å²) in [6, 6.07) is 11.7. The molecule has 0 unspecified atom stereocenters. The highest BCUT2D eigenvalue weighted by Crippen LogP contribution is 2.44. The van der Waals surface area contributed by atoms with Crippen LogP contribution in [0.15, 0.2) is 53.6 Å². The molecule has 0 aliphatic carbocycles. The van der Waals surface area contributed by atoms with E-state index in [4.69, 9.17) is 20.6 Å². The van der Waals surface area contributed by atoms with E-state index < -0.39 is 15.4 Å². The molecule has 0 aromatic heterocycles. The number of hydrogen-bond acceptors (Lipinski definition) is 7. The Kier molecular flexibility index (Phi) is 6.86. The second-order valence-electron chi connectivity index (χ2n) is 8.72. The zero-order valence-electron chi connectivity index (χ0n) is 19.9. The molecule has 0 radical (unpaired) electrons. The van der Waals surface area contributed by atoms with Gasteiger partial charge < -0.3 is 25.5 Å². The number of methoxy groups -OCH3 is 2. The summed E-state index contributed by atoms with van der Waals surface area (Å²) in [7, 11) is -0.574. The highest BCUT2D eigenvalue weighted by molar-refractivity contribution is 7.89. The molecule has 2 aliphatic rings. The lowest BCUT2D eigenvalue weighted by atomic mass is 9.77. The number of rotatable bonds is 7. The Labute approximate surface area is 205 Å². The predicted molar refractivity (Wildman–Crippen MR) is 134 cm³/mol. The van der Waals surface area contributed by atoms with Crippen molar-refractivity contribution in [2.24, 2.45) is 11.1 Å². The first-order valence-electron chi connectivity index (χ1n) is 11.4. The standard InChI is InChI=1S/C25H30N4O5S/c1-33-20-4-6-21(7-5-20)35(31,32)28-12-9-25(10-13-28)11-14-29(24(25)30)19-3-8-22(18(16-26)17-27)23(15-19)34-2/h3-8,15-17,26H,9-14,27H2,1-2H3/b18-17+,26-16?. The highest BCUT2D eigenvalue weighted by Gasteiger charge is 2.50. The van der Waals surface area contributed by atoms with Crippen LogP contribution in [0.5, 0.6) is 11.5 Å². The monoisotopic (exact) mass is 498 g/mol. The minimum absolute atomic E-state index is 0.00967. The molecule has 0 bridgehead atoms. The molecule has 1 amide bonds. The molecular formula is C25H30N4O5S. The first kappa shape index (κ1) is 24.7. The number of carbonyl (C=O) groups excluding carboxylic acids is 1. The van der Waals surface area contributed by atoms with Crippen LogP contribution < -0.4 is 20.1 Å². The van der Waals surface area contributed by atoms with E-state index in [0.29, 0.717) is 67.2 Å². The molecule has 2 aliphatic heterocycles. The van der Waals surface area contributed by atoms with Crippen LogP contribution in [-0.4, -0.2) is 58.7 Å². The number of benzene rings is 2. The molecule has 2 heterocycles.